The molecule has 0 radical (unpaired) electrons. The Kier molecular flexibility index (Phi) is 28.7. The zero-order valence-corrected chi connectivity index (χ0v) is 4.91. The second-order valence-corrected chi connectivity index (χ2v) is 0.894. The SMILES string of the molecule is NCl.OCCS. The van der Waals surface area contributed by atoms with Crippen LogP contribution < -0.4 is 5.25 Å². The van der Waals surface area contributed by atoms with Gasteiger partial charge in [0.15, 0.2) is 0 Å². The van der Waals surface area contributed by atoms with Crippen LogP contribution in [0.1, 0.15) is 0 Å². The van der Waals surface area contributed by atoms with E-state index in [9.17, 15) is 0 Å². The molecular formula is C2H8ClNOS. The van der Waals surface area contributed by atoms with Gasteiger partial charge in [-0.15, -0.1) is 0 Å². The Morgan fingerprint density at radius 3 is 1.83 bits per heavy atom. The molecule has 0 bridgehead atoms. The minimum absolute atomic E-state index is 0.184. The van der Waals surface area contributed by atoms with Crippen molar-refractivity contribution >= 4 is 24.4 Å². The van der Waals surface area contributed by atoms with Crippen molar-refractivity contribution in [1.29, 1.82) is 0 Å². The number of nitrogens with two attached hydrogens (primary N) is 1. The van der Waals surface area contributed by atoms with Crippen molar-refractivity contribution in [1.82, 2.24) is 0 Å². The van der Waals surface area contributed by atoms with E-state index in [1.54, 1.807) is 0 Å². The largest absolute Gasteiger partial charge is 0.396 e. The van der Waals surface area contributed by atoms with E-state index in [0.717, 1.165) is 0 Å². The lowest BCUT2D eigenvalue weighted by Gasteiger charge is -1.69. The van der Waals surface area contributed by atoms with Gasteiger partial charge >= 0.3 is 0 Å². The Morgan fingerprint density at radius 1 is 1.67 bits per heavy atom. The van der Waals surface area contributed by atoms with Gasteiger partial charge in [0, 0.05) is 5.75 Å². The van der Waals surface area contributed by atoms with E-state index in [-0.39, 0.29) is 6.61 Å². The van der Waals surface area contributed by atoms with Crippen LogP contribution in [0.3, 0.4) is 0 Å². The summed E-state index contributed by atoms with van der Waals surface area (Å²) in [5, 5.41) is 11.8. The third-order valence-corrected chi connectivity index (χ3v) is 0.300. The van der Waals surface area contributed by atoms with Crippen LogP contribution in [0.4, 0.5) is 0 Å². The zero-order chi connectivity index (χ0) is 5.41. The second kappa shape index (κ2) is 17.6. The van der Waals surface area contributed by atoms with E-state index in [4.69, 9.17) is 5.11 Å². The van der Waals surface area contributed by atoms with Gasteiger partial charge in [0.05, 0.1) is 6.61 Å². The van der Waals surface area contributed by atoms with Crippen molar-refractivity contribution in [2.24, 2.45) is 5.25 Å². The molecule has 4 heteroatoms. The minimum atomic E-state index is 0.184. The smallest absolute Gasteiger partial charge is 0.0519 e. The molecule has 6 heavy (non-hydrogen) atoms. The molecule has 0 aromatic heterocycles. The summed E-state index contributed by atoms with van der Waals surface area (Å²) < 4.78 is 0. The van der Waals surface area contributed by atoms with Gasteiger partial charge in [-0.25, -0.2) is 5.25 Å². The summed E-state index contributed by atoms with van der Waals surface area (Å²) in [6.07, 6.45) is 0. The average Bonchev–Trinajstić information content (AvgIpc) is 1.72. The zero-order valence-electron chi connectivity index (χ0n) is 3.26. The molecule has 40 valence electrons. The topological polar surface area (TPSA) is 46.2 Å². The number of halogens is 1. The number of aliphatic hydroxyl groups excluding tert-OH is 1. The van der Waals surface area contributed by atoms with Crippen LogP contribution in [0.5, 0.6) is 0 Å². The molecule has 0 aliphatic heterocycles. The predicted octanol–water partition coefficient (Wildman–Crippen LogP) is 0.00740. The van der Waals surface area contributed by atoms with Gasteiger partial charge in [-0.2, -0.15) is 12.6 Å². The molecule has 0 amide bonds. The highest BCUT2D eigenvalue weighted by molar-refractivity contribution is 7.80. The first-order chi connectivity index (χ1) is 2.91. The van der Waals surface area contributed by atoms with E-state index in [1.165, 1.54) is 0 Å². The summed E-state index contributed by atoms with van der Waals surface area (Å²) in [6, 6.07) is 0. The molecule has 0 spiro atoms. The van der Waals surface area contributed by atoms with Crippen molar-refractivity contribution in [3.63, 3.8) is 0 Å². The van der Waals surface area contributed by atoms with Crippen LogP contribution in [0.15, 0.2) is 0 Å². The molecule has 2 nitrogen and oxygen atoms in total. The first kappa shape index (κ1) is 9.75. The summed E-state index contributed by atoms with van der Waals surface area (Å²) in [6.45, 7) is 0.184. The third-order valence-electron chi connectivity index (χ3n) is 0.1000. The maximum Gasteiger partial charge on any atom is 0.0519 e. The van der Waals surface area contributed by atoms with Crippen molar-refractivity contribution in [3.8, 4) is 0 Å². The second-order valence-electron chi connectivity index (χ2n) is 0.447. The van der Waals surface area contributed by atoms with Gasteiger partial charge in [0.2, 0.25) is 0 Å². The molecule has 0 rings (SSSR count). The normalized spacial score (nSPS) is 6.00. The Labute approximate surface area is 47.8 Å². The fourth-order valence-corrected chi connectivity index (χ4v) is 0. The number of thiol groups is 1. The molecule has 0 saturated heterocycles. The lowest BCUT2D eigenvalue weighted by atomic mass is 10.9. The lowest BCUT2D eigenvalue weighted by Crippen LogP contribution is -1.76. The molecule has 0 aromatic rings. The van der Waals surface area contributed by atoms with Crippen LogP contribution in [0, 0.1) is 0 Å². The number of hydrogen-bond acceptors (Lipinski definition) is 3. The predicted molar refractivity (Wildman–Crippen MR) is 31.0 cm³/mol. The Morgan fingerprint density at radius 2 is 1.83 bits per heavy atom. The molecule has 0 saturated carbocycles. The molecule has 0 unspecified atom stereocenters. The Balaban J connectivity index is 0. The van der Waals surface area contributed by atoms with Crippen molar-refractivity contribution in [2.75, 3.05) is 12.4 Å². The van der Waals surface area contributed by atoms with Crippen LogP contribution in [-0.2, 0) is 0 Å². The molecule has 3 N–H and O–H groups in total. The molecule has 0 aromatic carbocycles. The highest BCUT2D eigenvalue weighted by Gasteiger charge is 1.57. The summed E-state index contributed by atoms with van der Waals surface area (Å²) in [7, 11) is 0. The van der Waals surface area contributed by atoms with Crippen LogP contribution in [-0.4, -0.2) is 17.5 Å². The van der Waals surface area contributed by atoms with Crippen molar-refractivity contribution in [2.45, 2.75) is 0 Å². The fraction of sp³-hybridized carbons (Fsp3) is 1.00. The van der Waals surface area contributed by atoms with Gasteiger partial charge in [0.1, 0.15) is 0 Å². The molecular weight excluding hydrogens is 122 g/mol. The highest BCUT2D eigenvalue weighted by Crippen LogP contribution is 1.61. The summed E-state index contributed by atoms with van der Waals surface area (Å²) >= 11 is 7.81. The molecule has 0 fully saturated rings. The lowest BCUT2D eigenvalue weighted by molar-refractivity contribution is 0.323. The van der Waals surface area contributed by atoms with Crippen LogP contribution in [0.2, 0.25) is 0 Å². The molecule has 0 atom stereocenters. The molecule has 0 heterocycles. The summed E-state index contributed by atoms with van der Waals surface area (Å²) in [4.78, 5) is 0. The van der Waals surface area contributed by atoms with Gasteiger partial charge in [-0.05, 0) is 11.8 Å². The van der Waals surface area contributed by atoms with Gasteiger partial charge < -0.3 is 5.11 Å². The van der Waals surface area contributed by atoms with Crippen molar-refractivity contribution < 1.29 is 5.11 Å². The van der Waals surface area contributed by atoms with E-state index >= 15 is 0 Å². The Bertz CT molecular complexity index is 15.5. The maximum absolute atomic E-state index is 7.80. The average molecular weight is 130 g/mol. The summed E-state index contributed by atoms with van der Waals surface area (Å²) in [5.74, 6) is 0.569. The quantitative estimate of drug-likeness (QED) is 0.345. The van der Waals surface area contributed by atoms with E-state index < -0.39 is 0 Å². The summed E-state index contributed by atoms with van der Waals surface area (Å²) in [5.41, 5.74) is 0. The molecule has 0 aliphatic carbocycles. The first-order valence-electron chi connectivity index (χ1n) is 1.35. The van der Waals surface area contributed by atoms with E-state index in [1.807, 2.05) is 0 Å². The maximum atomic E-state index is 7.80. The third kappa shape index (κ3) is 23.7. The van der Waals surface area contributed by atoms with Gasteiger partial charge in [-0.1, -0.05) is 0 Å². The monoisotopic (exact) mass is 129 g/mol. The molecule has 0 aliphatic rings. The van der Waals surface area contributed by atoms with Crippen LogP contribution in [0.25, 0.3) is 0 Å². The van der Waals surface area contributed by atoms with E-state index in [2.05, 4.69) is 29.7 Å². The highest BCUT2D eigenvalue weighted by atomic mass is 35.5. The van der Waals surface area contributed by atoms with Crippen LogP contribution >= 0.6 is 24.4 Å². The minimum Gasteiger partial charge on any atom is -0.396 e. The number of rotatable bonds is 1. The van der Waals surface area contributed by atoms with E-state index in [0.29, 0.717) is 5.75 Å². The van der Waals surface area contributed by atoms with Gasteiger partial charge in [0.25, 0.3) is 0 Å². The van der Waals surface area contributed by atoms with Crippen molar-refractivity contribution in [3.05, 3.63) is 0 Å². The Hall–Kier alpha value is 0.560. The van der Waals surface area contributed by atoms with Gasteiger partial charge in [-0.3, -0.25) is 0 Å². The standard InChI is InChI=1S/C2H6OS.ClH2N/c3-1-2-4;1-2/h3-4H,1-2H2;2H2. The number of aliphatic hydroxyl groups is 1. The number of hydrogen-bond donors (Lipinski definition) is 3. The fourth-order valence-electron chi connectivity index (χ4n) is 0. The first-order valence-corrected chi connectivity index (χ1v) is 2.42.